The highest BCUT2D eigenvalue weighted by Crippen LogP contribution is 2.19. The fraction of sp³-hybridized carbons (Fsp3) is 0.462. The van der Waals surface area contributed by atoms with E-state index >= 15 is 0 Å². The van der Waals surface area contributed by atoms with Gasteiger partial charge < -0.3 is 10.1 Å². The minimum Gasteiger partial charge on any atom is -0.465 e. The van der Waals surface area contributed by atoms with Gasteiger partial charge in [0.2, 0.25) is 10.0 Å². The van der Waals surface area contributed by atoms with Gasteiger partial charge in [-0.3, -0.25) is 0 Å². The number of sulfonamides is 1. The lowest BCUT2D eigenvalue weighted by Crippen LogP contribution is -2.32. The van der Waals surface area contributed by atoms with Gasteiger partial charge in [0, 0.05) is 13.1 Å². The molecule has 120 valence electrons. The van der Waals surface area contributed by atoms with Crippen molar-refractivity contribution in [2.75, 3.05) is 26.7 Å². The first-order valence-electron chi connectivity index (χ1n) is 6.32. The van der Waals surface area contributed by atoms with Crippen molar-refractivity contribution in [2.24, 2.45) is 0 Å². The van der Waals surface area contributed by atoms with Gasteiger partial charge in [0.25, 0.3) is 0 Å². The molecule has 6 nitrogen and oxygen atoms in total. The Balaban J connectivity index is 0.00000400. The van der Waals surface area contributed by atoms with Crippen molar-refractivity contribution in [3.63, 3.8) is 0 Å². The van der Waals surface area contributed by atoms with E-state index in [4.69, 9.17) is 0 Å². The highest BCUT2D eigenvalue weighted by molar-refractivity contribution is 7.89. The summed E-state index contributed by atoms with van der Waals surface area (Å²) in [6, 6.07) is 4.54. The van der Waals surface area contributed by atoms with Crippen LogP contribution in [-0.2, 0) is 14.8 Å². The first-order valence-corrected chi connectivity index (χ1v) is 7.80. The number of benzene rings is 1. The molecule has 0 aliphatic carbocycles. The fourth-order valence-corrected chi connectivity index (χ4v) is 3.06. The predicted molar refractivity (Wildman–Crippen MR) is 83.5 cm³/mol. The Labute approximate surface area is 131 Å². The van der Waals surface area contributed by atoms with E-state index < -0.39 is 16.0 Å². The number of ether oxygens (including phenoxy) is 1. The molecule has 0 bridgehead atoms. The van der Waals surface area contributed by atoms with Gasteiger partial charge in [-0.05, 0) is 31.2 Å². The molecule has 0 aromatic heterocycles. The summed E-state index contributed by atoms with van der Waals surface area (Å²) in [6.07, 6.45) is 0. The number of likely N-dealkylation sites (N-methyl/N-ethyl adjacent to an activating group) is 1. The van der Waals surface area contributed by atoms with Crippen molar-refractivity contribution in [1.82, 2.24) is 10.0 Å². The van der Waals surface area contributed by atoms with Gasteiger partial charge >= 0.3 is 5.97 Å². The SMILES string of the molecule is CCNCCNS(=O)(=O)c1cccc(C(=O)OC)c1C.Cl. The second kappa shape index (κ2) is 8.99. The molecule has 1 rings (SSSR count). The summed E-state index contributed by atoms with van der Waals surface area (Å²) in [4.78, 5) is 11.7. The lowest BCUT2D eigenvalue weighted by Gasteiger charge is -2.11. The average molecular weight is 337 g/mol. The first kappa shape index (κ1) is 19.9. The standard InChI is InChI=1S/C13H20N2O4S.ClH/c1-4-14-8-9-15-20(17,18)12-7-5-6-11(10(12)2)13(16)19-3;/h5-7,14-15H,4,8-9H2,1-3H3;1H. The van der Waals surface area contributed by atoms with E-state index in [1.807, 2.05) is 6.92 Å². The molecule has 0 heterocycles. The molecule has 0 fully saturated rings. The van der Waals surface area contributed by atoms with Gasteiger partial charge in [0.05, 0.1) is 17.6 Å². The highest BCUT2D eigenvalue weighted by atomic mass is 35.5. The second-order valence-corrected chi connectivity index (χ2v) is 5.91. The number of nitrogens with one attached hydrogen (secondary N) is 2. The number of carbonyl (C=O) groups excluding carboxylic acids is 1. The predicted octanol–water partition coefficient (Wildman–Crippen LogP) is 1.09. The maximum atomic E-state index is 12.2. The zero-order chi connectivity index (χ0) is 15.2. The summed E-state index contributed by atoms with van der Waals surface area (Å²) >= 11 is 0. The zero-order valence-electron chi connectivity index (χ0n) is 12.3. The third-order valence-electron chi connectivity index (χ3n) is 2.82. The molecule has 0 unspecified atom stereocenters. The summed E-state index contributed by atoms with van der Waals surface area (Å²) in [5.74, 6) is -0.549. The topological polar surface area (TPSA) is 84.5 Å². The molecule has 21 heavy (non-hydrogen) atoms. The quantitative estimate of drug-likeness (QED) is 0.575. The van der Waals surface area contributed by atoms with Gasteiger partial charge in [-0.1, -0.05) is 13.0 Å². The van der Waals surface area contributed by atoms with Crippen molar-refractivity contribution >= 4 is 28.4 Å². The molecule has 1 aromatic rings. The number of hydrogen-bond acceptors (Lipinski definition) is 5. The van der Waals surface area contributed by atoms with E-state index in [0.717, 1.165) is 6.54 Å². The fourth-order valence-electron chi connectivity index (χ4n) is 1.76. The molecular weight excluding hydrogens is 316 g/mol. The lowest BCUT2D eigenvalue weighted by atomic mass is 10.1. The minimum absolute atomic E-state index is 0. The summed E-state index contributed by atoms with van der Waals surface area (Å²) in [6.45, 7) is 5.14. The van der Waals surface area contributed by atoms with Crippen molar-refractivity contribution in [1.29, 1.82) is 0 Å². The second-order valence-electron chi connectivity index (χ2n) is 4.17. The summed E-state index contributed by atoms with van der Waals surface area (Å²) in [5, 5.41) is 3.02. The number of methoxy groups -OCH3 is 1. The van der Waals surface area contributed by atoms with Gasteiger partial charge in [-0.15, -0.1) is 12.4 Å². The van der Waals surface area contributed by atoms with Crippen molar-refractivity contribution in [3.8, 4) is 0 Å². The van der Waals surface area contributed by atoms with E-state index in [1.54, 1.807) is 13.0 Å². The third-order valence-corrected chi connectivity index (χ3v) is 4.43. The molecule has 1 aromatic carbocycles. The summed E-state index contributed by atoms with van der Waals surface area (Å²) in [7, 11) is -2.37. The Morgan fingerprint density at radius 1 is 1.29 bits per heavy atom. The largest absolute Gasteiger partial charge is 0.465 e. The Morgan fingerprint density at radius 2 is 1.95 bits per heavy atom. The van der Waals surface area contributed by atoms with Crippen molar-refractivity contribution in [2.45, 2.75) is 18.7 Å². The van der Waals surface area contributed by atoms with Crippen LogP contribution in [0.15, 0.2) is 23.1 Å². The van der Waals surface area contributed by atoms with Crippen molar-refractivity contribution < 1.29 is 17.9 Å². The van der Waals surface area contributed by atoms with Crippen LogP contribution < -0.4 is 10.0 Å². The summed E-state index contributed by atoms with van der Waals surface area (Å²) < 4.78 is 31.5. The van der Waals surface area contributed by atoms with Crippen LogP contribution in [0.25, 0.3) is 0 Å². The van der Waals surface area contributed by atoms with E-state index in [9.17, 15) is 13.2 Å². The Hall–Kier alpha value is -1.15. The normalized spacial score (nSPS) is 10.8. The molecule has 8 heteroatoms. The van der Waals surface area contributed by atoms with Crippen LogP contribution in [0.4, 0.5) is 0 Å². The average Bonchev–Trinajstić information content (AvgIpc) is 2.43. The molecule has 0 aliphatic rings. The van der Waals surface area contributed by atoms with Crippen LogP contribution in [0.3, 0.4) is 0 Å². The maximum absolute atomic E-state index is 12.2. The van der Waals surface area contributed by atoms with Crippen LogP contribution in [0.2, 0.25) is 0 Å². The molecule has 0 radical (unpaired) electrons. The lowest BCUT2D eigenvalue weighted by molar-refractivity contribution is 0.0599. The zero-order valence-corrected chi connectivity index (χ0v) is 13.9. The monoisotopic (exact) mass is 336 g/mol. The van der Waals surface area contributed by atoms with Crippen LogP contribution in [0.5, 0.6) is 0 Å². The van der Waals surface area contributed by atoms with Crippen molar-refractivity contribution in [3.05, 3.63) is 29.3 Å². The Morgan fingerprint density at radius 3 is 2.52 bits per heavy atom. The number of hydrogen-bond donors (Lipinski definition) is 2. The van der Waals surface area contributed by atoms with Gasteiger partial charge in [0.15, 0.2) is 0 Å². The highest BCUT2D eigenvalue weighted by Gasteiger charge is 2.20. The third kappa shape index (κ3) is 5.28. The van der Waals surface area contributed by atoms with Crippen LogP contribution in [0, 0.1) is 6.92 Å². The number of rotatable bonds is 7. The molecular formula is C13H21ClN2O4S. The molecule has 0 saturated carbocycles. The minimum atomic E-state index is -3.63. The van der Waals surface area contributed by atoms with Crippen LogP contribution in [0.1, 0.15) is 22.8 Å². The molecule has 2 N–H and O–H groups in total. The van der Waals surface area contributed by atoms with Crippen LogP contribution >= 0.6 is 12.4 Å². The van der Waals surface area contributed by atoms with E-state index in [2.05, 4.69) is 14.8 Å². The molecule has 0 aliphatic heterocycles. The Kier molecular flexibility index (Phi) is 8.50. The first-order chi connectivity index (χ1) is 9.44. The number of halogens is 1. The van der Waals surface area contributed by atoms with E-state index in [1.165, 1.54) is 19.2 Å². The maximum Gasteiger partial charge on any atom is 0.338 e. The van der Waals surface area contributed by atoms with E-state index in [0.29, 0.717) is 12.1 Å². The molecule has 0 amide bonds. The molecule has 0 atom stereocenters. The van der Waals surface area contributed by atoms with Crippen LogP contribution in [-0.4, -0.2) is 41.1 Å². The van der Waals surface area contributed by atoms with E-state index in [-0.39, 0.29) is 29.4 Å². The molecule has 0 saturated heterocycles. The number of esters is 1. The summed E-state index contributed by atoms with van der Waals surface area (Å²) in [5.41, 5.74) is 0.636. The van der Waals surface area contributed by atoms with Gasteiger partial charge in [0.1, 0.15) is 0 Å². The molecule has 0 spiro atoms. The number of carbonyl (C=O) groups is 1. The van der Waals surface area contributed by atoms with Gasteiger partial charge in [-0.2, -0.15) is 0 Å². The van der Waals surface area contributed by atoms with Gasteiger partial charge in [-0.25, -0.2) is 17.9 Å². The smallest absolute Gasteiger partial charge is 0.338 e. The Bertz CT molecular complexity index is 576.